The predicted molar refractivity (Wildman–Crippen MR) is 208 cm³/mol. The molecule has 4 aromatic carbocycles. The molecule has 0 radical (unpaired) electrons. The monoisotopic (exact) mass is 816 g/mol. The number of rotatable bonds is 8. The number of carbonyl (C=O) groups excluding carboxylic acids is 2. The Morgan fingerprint density at radius 1 is 0.702 bits per heavy atom. The molecule has 0 spiro atoms. The van der Waals surface area contributed by atoms with Gasteiger partial charge in [-0.2, -0.15) is 0 Å². The second kappa shape index (κ2) is 14.6. The van der Waals surface area contributed by atoms with Crippen LogP contribution in [0.5, 0.6) is 11.5 Å². The molecule has 4 heterocycles. The fraction of sp³-hybridized carbons (Fsp3) is 0.179. The number of nitrogens with one attached hydrogen (secondary N) is 1. The number of hydrogen-bond donors (Lipinski definition) is 3. The second-order valence-electron chi connectivity index (χ2n) is 13.6. The SMILES string of the molecule is CN(c1c2c(c(O)c3ncccc13)C(=O)N(Cc1ccc(F)cc1)C2)S(C)(=O)=O.CS(=O)(=O)Nc1c2c(c(O)c3ncccc13)C(=O)N(Cc1ccc(F)cc1)C2. The van der Waals surface area contributed by atoms with Crippen molar-refractivity contribution in [2.24, 2.45) is 0 Å². The number of phenols is 2. The van der Waals surface area contributed by atoms with E-state index in [9.17, 15) is 45.4 Å². The van der Waals surface area contributed by atoms with E-state index in [-0.39, 0.29) is 77.2 Å². The Bertz CT molecular complexity index is 2840. The fourth-order valence-electron chi connectivity index (χ4n) is 6.99. The molecule has 0 saturated carbocycles. The van der Waals surface area contributed by atoms with Crippen molar-refractivity contribution in [3.8, 4) is 11.5 Å². The third-order valence-corrected chi connectivity index (χ3v) is 11.4. The van der Waals surface area contributed by atoms with Gasteiger partial charge in [0.2, 0.25) is 20.0 Å². The van der Waals surface area contributed by atoms with Gasteiger partial charge in [-0.3, -0.25) is 28.6 Å². The molecule has 294 valence electrons. The van der Waals surface area contributed by atoms with Gasteiger partial charge in [0.15, 0.2) is 11.5 Å². The molecule has 0 atom stereocenters. The van der Waals surface area contributed by atoms with Gasteiger partial charge in [-0.1, -0.05) is 24.3 Å². The summed E-state index contributed by atoms with van der Waals surface area (Å²) in [6.45, 7) is 0.593. The largest absolute Gasteiger partial charge is 0.505 e. The van der Waals surface area contributed by atoms with E-state index >= 15 is 0 Å². The summed E-state index contributed by atoms with van der Waals surface area (Å²) < 4.78 is 78.1. The number of amides is 2. The predicted octanol–water partition coefficient (Wildman–Crippen LogP) is 5.24. The average molecular weight is 817 g/mol. The van der Waals surface area contributed by atoms with Gasteiger partial charge in [0.05, 0.1) is 35.0 Å². The van der Waals surface area contributed by atoms with E-state index in [1.54, 1.807) is 48.5 Å². The first kappa shape index (κ1) is 38.9. The van der Waals surface area contributed by atoms with E-state index in [0.29, 0.717) is 38.7 Å². The second-order valence-corrected chi connectivity index (χ2v) is 17.4. The molecular weight excluding hydrogens is 783 g/mol. The standard InChI is InChI=1S/C20H18FN3O4S.C19H16FN3O4S/c1-23(29(2,27)28)18-14-4-3-9-22-17(14)19(25)16-15(18)11-24(20(16)26)10-12-5-7-13(21)8-6-12;1-28(26,27)22-16-13-3-2-8-21-17(13)18(24)15-14(16)10-23(19(15)25)9-11-4-6-12(20)7-5-11/h3-9,25H,10-11H2,1-2H3;2-8,22,24H,9-10H2,1H3. The molecule has 0 unspecified atom stereocenters. The number of aromatic nitrogens is 2. The maximum absolute atomic E-state index is 13.2. The number of nitrogens with zero attached hydrogens (tertiary/aromatic N) is 5. The Balaban J connectivity index is 0.000000174. The third-order valence-electron chi connectivity index (χ3n) is 9.63. The third kappa shape index (κ3) is 7.48. The highest BCUT2D eigenvalue weighted by Gasteiger charge is 2.38. The molecule has 3 N–H and O–H groups in total. The Morgan fingerprint density at radius 2 is 1.14 bits per heavy atom. The molecule has 2 aliphatic rings. The summed E-state index contributed by atoms with van der Waals surface area (Å²) in [5, 5.41) is 22.2. The Hall–Kier alpha value is -6.40. The lowest BCUT2D eigenvalue weighted by atomic mass is 10.0. The molecule has 0 bridgehead atoms. The quantitative estimate of drug-likeness (QED) is 0.171. The Labute approximate surface area is 325 Å². The molecule has 14 nitrogen and oxygen atoms in total. The molecular formula is C39H34F2N6O8S2. The van der Waals surface area contributed by atoms with Crippen LogP contribution < -0.4 is 9.03 Å². The first-order valence-corrected chi connectivity index (χ1v) is 20.9. The zero-order valence-corrected chi connectivity index (χ0v) is 32.2. The van der Waals surface area contributed by atoms with Gasteiger partial charge in [0.25, 0.3) is 11.8 Å². The Kier molecular flexibility index (Phi) is 9.95. The van der Waals surface area contributed by atoms with Crippen molar-refractivity contribution in [2.45, 2.75) is 26.2 Å². The van der Waals surface area contributed by atoms with Crippen LogP contribution in [-0.4, -0.2) is 78.2 Å². The van der Waals surface area contributed by atoms with Gasteiger partial charge in [-0.15, -0.1) is 0 Å². The van der Waals surface area contributed by atoms with E-state index < -0.39 is 31.9 Å². The van der Waals surface area contributed by atoms with Gasteiger partial charge < -0.3 is 20.0 Å². The average Bonchev–Trinajstić information content (AvgIpc) is 3.66. The smallest absolute Gasteiger partial charge is 0.258 e. The van der Waals surface area contributed by atoms with Crippen LogP contribution in [-0.2, 0) is 46.2 Å². The van der Waals surface area contributed by atoms with Gasteiger partial charge in [0.1, 0.15) is 22.7 Å². The highest BCUT2D eigenvalue weighted by molar-refractivity contribution is 7.92. The molecule has 18 heteroatoms. The molecule has 2 aromatic heterocycles. The first-order chi connectivity index (χ1) is 26.9. The first-order valence-electron chi connectivity index (χ1n) is 17.2. The summed E-state index contributed by atoms with van der Waals surface area (Å²) in [5.74, 6) is -2.19. The van der Waals surface area contributed by atoms with Crippen molar-refractivity contribution in [1.82, 2.24) is 19.8 Å². The number of fused-ring (bicyclic) bond motifs is 4. The number of anilines is 2. The molecule has 57 heavy (non-hydrogen) atoms. The van der Waals surface area contributed by atoms with Crippen LogP contribution in [0.2, 0.25) is 0 Å². The van der Waals surface area contributed by atoms with Crippen molar-refractivity contribution in [3.63, 3.8) is 0 Å². The van der Waals surface area contributed by atoms with Crippen LogP contribution in [0.25, 0.3) is 21.8 Å². The van der Waals surface area contributed by atoms with Gasteiger partial charge >= 0.3 is 0 Å². The van der Waals surface area contributed by atoms with E-state index in [2.05, 4.69) is 14.7 Å². The molecule has 2 amide bonds. The summed E-state index contributed by atoms with van der Waals surface area (Å²) in [4.78, 5) is 37.2. The number of benzene rings is 4. The summed E-state index contributed by atoms with van der Waals surface area (Å²) in [5.41, 5.74) is 3.15. The number of halogens is 2. The minimum absolute atomic E-state index is 0.0273. The normalized spacial score (nSPS) is 13.8. The lowest BCUT2D eigenvalue weighted by molar-refractivity contribution is 0.0757. The summed E-state index contributed by atoms with van der Waals surface area (Å²) >= 11 is 0. The van der Waals surface area contributed by atoms with Crippen molar-refractivity contribution < 1.29 is 45.4 Å². The van der Waals surface area contributed by atoms with Crippen LogP contribution in [0.4, 0.5) is 20.2 Å². The maximum atomic E-state index is 13.2. The van der Waals surface area contributed by atoms with Crippen molar-refractivity contribution in [1.29, 1.82) is 0 Å². The zero-order valence-electron chi connectivity index (χ0n) is 30.6. The number of pyridine rings is 2. The van der Waals surface area contributed by atoms with E-state index in [0.717, 1.165) is 16.8 Å². The number of aromatic hydroxyl groups is 2. The fourth-order valence-corrected chi connectivity index (χ4v) is 8.13. The number of phenolic OH excluding ortho intramolecular Hbond substituents is 2. The number of carbonyl (C=O) groups is 2. The van der Waals surface area contributed by atoms with E-state index in [1.165, 1.54) is 53.5 Å². The van der Waals surface area contributed by atoms with E-state index in [4.69, 9.17) is 0 Å². The summed E-state index contributed by atoms with van der Waals surface area (Å²) in [6.07, 6.45) is 5.01. The molecule has 0 fully saturated rings. The Morgan fingerprint density at radius 3 is 1.61 bits per heavy atom. The van der Waals surface area contributed by atoms with Crippen molar-refractivity contribution >= 4 is 65.0 Å². The van der Waals surface area contributed by atoms with Gasteiger partial charge in [-0.25, -0.2) is 25.6 Å². The van der Waals surface area contributed by atoms with Crippen molar-refractivity contribution in [2.75, 3.05) is 28.6 Å². The molecule has 0 aliphatic carbocycles. The molecule has 6 aromatic rings. The molecule has 2 aliphatic heterocycles. The van der Waals surface area contributed by atoms with Crippen LogP contribution >= 0.6 is 0 Å². The van der Waals surface area contributed by atoms with Crippen LogP contribution in [0.15, 0.2) is 85.2 Å². The number of hydrogen-bond acceptors (Lipinski definition) is 10. The topological polar surface area (TPSA) is 190 Å². The van der Waals surface area contributed by atoms with Gasteiger partial charge in [-0.05, 0) is 59.7 Å². The number of sulfonamides is 2. The minimum atomic E-state index is -3.63. The molecule has 8 rings (SSSR count). The van der Waals surface area contributed by atoms with Crippen LogP contribution in [0.3, 0.4) is 0 Å². The van der Waals surface area contributed by atoms with Crippen LogP contribution in [0, 0.1) is 11.6 Å². The minimum Gasteiger partial charge on any atom is -0.505 e. The highest BCUT2D eigenvalue weighted by atomic mass is 32.2. The summed E-state index contributed by atoms with van der Waals surface area (Å²) in [7, 11) is -5.86. The lowest BCUT2D eigenvalue weighted by Crippen LogP contribution is -2.26. The zero-order chi connectivity index (χ0) is 41.0. The van der Waals surface area contributed by atoms with Gasteiger partial charge in [0, 0.05) is 67.5 Å². The summed E-state index contributed by atoms with van der Waals surface area (Å²) in [6, 6.07) is 18.1. The lowest BCUT2D eigenvalue weighted by Gasteiger charge is -2.22. The highest BCUT2D eigenvalue weighted by Crippen LogP contribution is 2.45. The van der Waals surface area contributed by atoms with E-state index in [1.807, 2.05) is 0 Å². The molecule has 0 saturated heterocycles. The van der Waals surface area contributed by atoms with Crippen molar-refractivity contribution in [3.05, 3.63) is 130 Å². The van der Waals surface area contributed by atoms with Crippen LogP contribution in [0.1, 0.15) is 43.0 Å². The maximum Gasteiger partial charge on any atom is 0.258 e.